The van der Waals surface area contributed by atoms with Crippen molar-refractivity contribution >= 4 is 24.2 Å². The Bertz CT molecular complexity index is 299. The van der Waals surface area contributed by atoms with Gasteiger partial charge < -0.3 is 0 Å². The average Bonchev–Trinajstić information content (AvgIpc) is 2.08. The van der Waals surface area contributed by atoms with E-state index in [1.807, 2.05) is 0 Å². The summed E-state index contributed by atoms with van der Waals surface area (Å²) in [7, 11) is 0. The van der Waals surface area contributed by atoms with Gasteiger partial charge >= 0.3 is 0 Å². The highest BCUT2D eigenvalue weighted by atomic mass is 35.5. The minimum absolute atomic E-state index is 0.270. The number of benzene rings is 1. The number of aryl methyl sites for hydroxylation is 1. The van der Waals surface area contributed by atoms with E-state index < -0.39 is 0 Å². The van der Waals surface area contributed by atoms with Gasteiger partial charge in [-0.2, -0.15) is 0 Å². The minimum Gasteiger partial charge on any atom is -0.298 e. The minimum atomic E-state index is 0.270. The van der Waals surface area contributed by atoms with E-state index in [9.17, 15) is 9.59 Å². The smallest absolute Gasteiger partial charge is 0.152 e. The van der Waals surface area contributed by atoms with Crippen LogP contribution in [-0.2, 0) is 0 Å². The Morgan fingerprint density at radius 1 is 1.17 bits per heavy atom. The molecule has 0 aromatic heterocycles. The molecular weight excluding hydrogens is 176 g/mol. The zero-order valence-electron chi connectivity index (χ0n) is 6.50. The molecule has 0 aliphatic carbocycles. The van der Waals surface area contributed by atoms with E-state index in [4.69, 9.17) is 11.6 Å². The molecule has 1 rings (SSSR count). The molecule has 0 spiro atoms. The number of carbonyl (C=O) groups is 2. The number of carbonyl (C=O) groups excluding carboxylic acids is 2. The monoisotopic (exact) mass is 182 g/mol. The zero-order chi connectivity index (χ0) is 9.14. The number of aldehydes is 2. The van der Waals surface area contributed by atoms with Gasteiger partial charge in [0.25, 0.3) is 0 Å². The van der Waals surface area contributed by atoms with Gasteiger partial charge in [0.15, 0.2) is 12.6 Å². The molecule has 2 nitrogen and oxygen atoms in total. The van der Waals surface area contributed by atoms with E-state index in [2.05, 4.69) is 0 Å². The molecule has 3 heteroatoms. The summed E-state index contributed by atoms with van der Waals surface area (Å²) in [6.07, 6.45) is 1.24. The molecule has 62 valence electrons. The summed E-state index contributed by atoms with van der Waals surface area (Å²) >= 11 is 5.69. The fourth-order valence-corrected chi connectivity index (χ4v) is 1.20. The van der Waals surface area contributed by atoms with Gasteiger partial charge in [0.05, 0.1) is 5.02 Å². The molecule has 1 aromatic rings. The van der Waals surface area contributed by atoms with Crippen LogP contribution in [0.2, 0.25) is 5.02 Å². The number of halogens is 1. The van der Waals surface area contributed by atoms with E-state index in [0.29, 0.717) is 23.2 Å². The van der Waals surface area contributed by atoms with Gasteiger partial charge in [-0.15, -0.1) is 0 Å². The van der Waals surface area contributed by atoms with Crippen LogP contribution in [0.15, 0.2) is 12.1 Å². The van der Waals surface area contributed by atoms with Crippen molar-refractivity contribution in [1.82, 2.24) is 0 Å². The van der Waals surface area contributed by atoms with Gasteiger partial charge in [0.1, 0.15) is 0 Å². The molecule has 0 fully saturated rings. The van der Waals surface area contributed by atoms with Crippen molar-refractivity contribution < 1.29 is 9.59 Å². The van der Waals surface area contributed by atoms with Gasteiger partial charge in [-0.25, -0.2) is 0 Å². The van der Waals surface area contributed by atoms with Crippen molar-refractivity contribution in [2.45, 2.75) is 6.92 Å². The molecule has 0 atom stereocenters. The first-order valence-corrected chi connectivity index (χ1v) is 3.78. The highest BCUT2D eigenvalue weighted by Crippen LogP contribution is 2.19. The predicted molar refractivity (Wildman–Crippen MR) is 47.0 cm³/mol. The molecule has 0 aliphatic heterocycles. The van der Waals surface area contributed by atoms with Crippen LogP contribution in [0.25, 0.3) is 0 Å². The highest BCUT2D eigenvalue weighted by molar-refractivity contribution is 6.33. The van der Waals surface area contributed by atoms with Gasteiger partial charge in [-0.05, 0) is 18.6 Å². The maximum Gasteiger partial charge on any atom is 0.152 e. The second kappa shape index (κ2) is 3.50. The lowest BCUT2D eigenvalue weighted by Crippen LogP contribution is -1.95. The van der Waals surface area contributed by atoms with E-state index in [1.165, 1.54) is 0 Å². The summed E-state index contributed by atoms with van der Waals surface area (Å²) < 4.78 is 0. The molecule has 0 amide bonds. The van der Waals surface area contributed by atoms with Crippen LogP contribution in [0.3, 0.4) is 0 Å². The van der Waals surface area contributed by atoms with E-state index in [0.717, 1.165) is 5.56 Å². The number of rotatable bonds is 2. The first-order chi connectivity index (χ1) is 5.70. The maximum absolute atomic E-state index is 10.5. The highest BCUT2D eigenvalue weighted by Gasteiger charge is 2.07. The second-order valence-electron chi connectivity index (χ2n) is 2.43. The Hall–Kier alpha value is -1.15. The van der Waals surface area contributed by atoms with Crippen LogP contribution < -0.4 is 0 Å². The number of hydrogen-bond donors (Lipinski definition) is 0. The molecule has 0 heterocycles. The van der Waals surface area contributed by atoms with Crippen molar-refractivity contribution in [3.8, 4) is 0 Å². The van der Waals surface area contributed by atoms with Crippen LogP contribution in [0.4, 0.5) is 0 Å². The predicted octanol–water partition coefficient (Wildman–Crippen LogP) is 2.27. The lowest BCUT2D eigenvalue weighted by molar-refractivity contribution is 0.109. The van der Waals surface area contributed by atoms with Gasteiger partial charge in [0, 0.05) is 11.1 Å². The Kier molecular flexibility index (Phi) is 2.61. The Morgan fingerprint density at radius 2 is 1.75 bits per heavy atom. The molecule has 0 aliphatic rings. The van der Waals surface area contributed by atoms with Crippen molar-refractivity contribution in [2.24, 2.45) is 0 Å². The van der Waals surface area contributed by atoms with E-state index in [-0.39, 0.29) is 5.56 Å². The molecule has 0 unspecified atom stereocenters. The van der Waals surface area contributed by atoms with E-state index >= 15 is 0 Å². The summed E-state index contributed by atoms with van der Waals surface area (Å²) in [5, 5.41) is 0.317. The van der Waals surface area contributed by atoms with Crippen LogP contribution in [-0.4, -0.2) is 12.6 Å². The lowest BCUT2D eigenvalue weighted by Gasteiger charge is -2.02. The van der Waals surface area contributed by atoms with Gasteiger partial charge in [0.2, 0.25) is 0 Å². The average molecular weight is 183 g/mol. The normalized spacial score (nSPS) is 9.50. The van der Waals surface area contributed by atoms with Crippen molar-refractivity contribution in [3.05, 3.63) is 33.8 Å². The topological polar surface area (TPSA) is 34.1 Å². The second-order valence-corrected chi connectivity index (χ2v) is 2.83. The Morgan fingerprint density at radius 3 is 2.17 bits per heavy atom. The van der Waals surface area contributed by atoms with E-state index in [1.54, 1.807) is 19.1 Å². The Labute approximate surface area is 75.2 Å². The van der Waals surface area contributed by atoms with Crippen molar-refractivity contribution in [1.29, 1.82) is 0 Å². The third-order valence-corrected chi connectivity index (χ3v) is 2.02. The summed E-state index contributed by atoms with van der Waals surface area (Å²) in [5.74, 6) is 0. The molecular formula is C9H7ClO2. The molecule has 12 heavy (non-hydrogen) atoms. The van der Waals surface area contributed by atoms with Crippen LogP contribution in [0.1, 0.15) is 26.3 Å². The number of hydrogen-bond acceptors (Lipinski definition) is 2. The molecule has 0 saturated heterocycles. The largest absolute Gasteiger partial charge is 0.298 e. The summed E-state index contributed by atoms with van der Waals surface area (Å²) in [4.78, 5) is 21.1. The van der Waals surface area contributed by atoms with Gasteiger partial charge in [-0.3, -0.25) is 9.59 Å². The quantitative estimate of drug-likeness (QED) is 0.658. The summed E-state index contributed by atoms with van der Waals surface area (Å²) in [6.45, 7) is 1.76. The standard InChI is InChI=1S/C9H7ClO2/c1-6-2-3-9(10)8(5-12)7(6)4-11/h2-5H,1H3. The summed E-state index contributed by atoms with van der Waals surface area (Å²) in [6, 6.07) is 3.31. The third kappa shape index (κ3) is 1.38. The first kappa shape index (κ1) is 8.94. The fourth-order valence-electron chi connectivity index (χ4n) is 0.995. The van der Waals surface area contributed by atoms with Gasteiger partial charge in [-0.1, -0.05) is 17.7 Å². The van der Waals surface area contributed by atoms with Crippen LogP contribution in [0.5, 0.6) is 0 Å². The molecule has 0 bridgehead atoms. The maximum atomic E-state index is 10.5. The lowest BCUT2D eigenvalue weighted by atomic mass is 10.0. The SMILES string of the molecule is Cc1ccc(Cl)c(C=O)c1C=O. The molecule has 0 saturated carbocycles. The molecule has 1 aromatic carbocycles. The summed E-state index contributed by atoms with van der Waals surface area (Å²) in [5.41, 5.74) is 1.40. The Balaban J connectivity index is 3.48. The first-order valence-electron chi connectivity index (χ1n) is 3.40. The van der Waals surface area contributed by atoms with Crippen LogP contribution in [0, 0.1) is 6.92 Å². The van der Waals surface area contributed by atoms with Crippen molar-refractivity contribution in [2.75, 3.05) is 0 Å². The van der Waals surface area contributed by atoms with Crippen LogP contribution >= 0.6 is 11.6 Å². The zero-order valence-corrected chi connectivity index (χ0v) is 7.26. The van der Waals surface area contributed by atoms with Crippen molar-refractivity contribution in [3.63, 3.8) is 0 Å². The third-order valence-electron chi connectivity index (χ3n) is 1.69. The fraction of sp³-hybridized carbons (Fsp3) is 0.111. The molecule has 0 N–H and O–H groups in total. The molecule has 0 radical (unpaired) electrons.